The predicted molar refractivity (Wildman–Crippen MR) is 104 cm³/mol. The van der Waals surface area contributed by atoms with E-state index in [-0.39, 0.29) is 46.9 Å². The Morgan fingerprint density at radius 1 is 1.24 bits per heavy atom. The van der Waals surface area contributed by atoms with Gasteiger partial charge < -0.3 is 9.80 Å². The van der Waals surface area contributed by atoms with E-state index in [0.29, 0.717) is 22.2 Å². The molecule has 0 radical (unpaired) electrons. The van der Waals surface area contributed by atoms with Gasteiger partial charge in [0.2, 0.25) is 0 Å². The van der Waals surface area contributed by atoms with E-state index in [1.54, 1.807) is 18.2 Å². The fraction of sp³-hybridized carbons (Fsp3) is 0.600. The van der Waals surface area contributed by atoms with Gasteiger partial charge in [0.1, 0.15) is 0 Å². The summed E-state index contributed by atoms with van der Waals surface area (Å²) in [5, 5.41) is 0.727. The first-order valence-corrected chi connectivity index (χ1v) is 7.29. The number of rotatable bonds is 6. The number of hydrogen-bond acceptors (Lipinski definition) is 2. The Morgan fingerprint density at radius 3 is 2.57 bits per heavy atom. The van der Waals surface area contributed by atoms with Crippen molar-refractivity contribution < 1.29 is 6.85 Å². The summed E-state index contributed by atoms with van der Waals surface area (Å²) in [4.78, 5) is 3.15. The highest BCUT2D eigenvalue weighted by atomic mass is 79.9. The van der Waals surface area contributed by atoms with Crippen LogP contribution in [0.2, 0.25) is 10.0 Å². The number of halogens is 4. The SMILES string of the molecule is Br.Br.[2H]C([2H])([2H])N(CCN1CCCC1)C([2H])([2H])Cc1ccc(Cl)c(Cl)c1. The molecule has 2 rings (SSSR count). The maximum absolute atomic E-state index is 8.31. The monoisotopic (exact) mass is 465 g/mol. The van der Waals surface area contributed by atoms with Crippen LogP contribution in [0.25, 0.3) is 0 Å². The molecule has 0 aliphatic carbocycles. The second-order valence-corrected chi connectivity index (χ2v) is 5.60. The Hall–Kier alpha value is 0.680. The normalized spacial score (nSPS) is 19.7. The minimum atomic E-state index is -2.50. The second kappa shape index (κ2) is 11.3. The third-order valence-corrected chi connectivity index (χ3v) is 4.04. The molecule has 1 heterocycles. The van der Waals surface area contributed by atoms with Crippen molar-refractivity contribution in [2.75, 3.05) is 39.7 Å². The van der Waals surface area contributed by atoms with Crippen molar-refractivity contribution in [3.05, 3.63) is 33.8 Å². The molecule has 0 spiro atoms. The van der Waals surface area contributed by atoms with Crippen LogP contribution in [0, 0.1) is 0 Å². The van der Waals surface area contributed by atoms with Crippen LogP contribution in [-0.4, -0.2) is 49.5 Å². The van der Waals surface area contributed by atoms with Gasteiger partial charge in [-0.05, 0) is 57.0 Å². The van der Waals surface area contributed by atoms with E-state index >= 15 is 0 Å². The zero-order chi connectivity index (χ0) is 18.0. The quantitative estimate of drug-likeness (QED) is 0.597. The summed E-state index contributed by atoms with van der Waals surface area (Å²) in [6.07, 6.45) is 2.16. The zero-order valence-corrected chi connectivity index (χ0v) is 16.6. The van der Waals surface area contributed by atoms with E-state index < -0.39 is 13.5 Å². The maximum atomic E-state index is 8.31. The Labute approximate surface area is 166 Å². The lowest BCUT2D eigenvalue weighted by Gasteiger charge is -2.21. The molecule has 0 unspecified atom stereocenters. The summed E-state index contributed by atoms with van der Waals surface area (Å²) in [7, 11) is 0. The van der Waals surface area contributed by atoms with Crippen molar-refractivity contribution in [2.45, 2.75) is 19.3 Å². The molecule has 0 aromatic heterocycles. The standard InChI is InChI=1S/C15H22Cl2N2.2BrH/c1-18(10-11-19-7-2-3-8-19)9-6-13-4-5-14(16)15(17)12-13;;/h4-5,12H,2-3,6-11H2,1H3;2*1H/i1D3,9D2;;. The van der Waals surface area contributed by atoms with Gasteiger partial charge >= 0.3 is 0 Å². The van der Waals surface area contributed by atoms with Gasteiger partial charge in [-0.25, -0.2) is 0 Å². The summed E-state index contributed by atoms with van der Waals surface area (Å²) >= 11 is 11.9. The summed E-state index contributed by atoms with van der Waals surface area (Å²) in [6.45, 7) is -1.90. The molecular formula is C15H24Br2Cl2N2. The van der Waals surface area contributed by atoms with Crippen molar-refractivity contribution in [2.24, 2.45) is 0 Å². The van der Waals surface area contributed by atoms with Crippen LogP contribution < -0.4 is 0 Å². The average Bonchev–Trinajstić information content (AvgIpc) is 2.94. The van der Waals surface area contributed by atoms with Crippen molar-refractivity contribution >= 4 is 57.2 Å². The minimum absolute atomic E-state index is 0. The van der Waals surface area contributed by atoms with E-state index in [2.05, 4.69) is 4.90 Å². The smallest absolute Gasteiger partial charge is 0.0595 e. The summed E-state index contributed by atoms with van der Waals surface area (Å²) in [5.74, 6) is 0. The van der Waals surface area contributed by atoms with Crippen LogP contribution in [0.4, 0.5) is 0 Å². The third kappa shape index (κ3) is 7.67. The molecule has 1 aliphatic rings. The largest absolute Gasteiger partial charge is 0.305 e. The molecule has 1 aliphatic heterocycles. The van der Waals surface area contributed by atoms with E-state index in [1.165, 1.54) is 0 Å². The molecule has 0 saturated carbocycles. The van der Waals surface area contributed by atoms with Crippen LogP contribution in [0.15, 0.2) is 18.2 Å². The molecule has 122 valence electrons. The highest BCUT2D eigenvalue weighted by Gasteiger charge is 2.11. The average molecular weight is 468 g/mol. The van der Waals surface area contributed by atoms with E-state index in [9.17, 15) is 0 Å². The molecule has 1 aromatic rings. The van der Waals surface area contributed by atoms with Crippen LogP contribution in [-0.2, 0) is 6.42 Å². The second-order valence-electron chi connectivity index (χ2n) is 4.78. The number of likely N-dealkylation sites (N-methyl/N-ethyl adjacent to an activating group) is 1. The van der Waals surface area contributed by atoms with Crippen LogP contribution in [0.5, 0.6) is 0 Å². The molecule has 2 nitrogen and oxygen atoms in total. The molecule has 0 bridgehead atoms. The van der Waals surface area contributed by atoms with Gasteiger partial charge in [0.15, 0.2) is 0 Å². The lowest BCUT2D eigenvalue weighted by Crippen LogP contribution is -2.32. The third-order valence-electron chi connectivity index (χ3n) is 3.30. The Kier molecular flexibility index (Phi) is 7.53. The molecule has 1 saturated heterocycles. The Bertz CT molecular complexity index is 569. The number of nitrogens with zero attached hydrogens (tertiary/aromatic N) is 2. The fourth-order valence-corrected chi connectivity index (χ4v) is 2.48. The molecule has 6 heteroatoms. The number of aryl methyl sites for hydroxylation is 1. The van der Waals surface area contributed by atoms with Gasteiger partial charge in [-0.15, -0.1) is 34.0 Å². The van der Waals surface area contributed by atoms with Crippen molar-refractivity contribution in [3.8, 4) is 0 Å². The molecular weight excluding hydrogens is 439 g/mol. The predicted octanol–water partition coefficient (Wildman–Crippen LogP) is 4.72. The van der Waals surface area contributed by atoms with Crippen molar-refractivity contribution in [1.29, 1.82) is 0 Å². The summed E-state index contributed by atoms with van der Waals surface area (Å²) in [5.41, 5.74) is 0.616. The lowest BCUT2D eigenvalue weighted by atomic mass is 10.1. The lowest BCUT2D eigenvalue weighted by molar-refractivity contribution is 0.259. The molecule has 1 aromatic carbocycles. The minimum Gasteiger partial charge on any atom is -0.305 e. The molecule has 21 heavy (non-hydrogen) atoms. The molecule has 0 amide bonds. The highest BCUT2D eigenvalue weighted by Crippen LogP contribution is 2.22. The van der Waals surface area contributed by atoms with Gasteiger partial charge in [0, 0.05) is 26.4 Å². The van der Waals surface area contributed by atoms with Gasteiger partial charge in [-0.3, -0.25) is 0 Å². The van der Waals surface area contributed by atoms with E-state index in [4.69, 9.17) is 30.1 Å². The Balaban J connectivity index is 0.00000312. The number of likely N-dealkylation sites (tertiary alicyclic amines) is 1. The first-order valence-electron chi connectivity index (χ1n) is 9.04. The van der Waals surface area contributed by atoms with Gasteiger partial charge in [-0.1, -0.05) is 29.3 Å². The van der Waals surface area contributed by atoms with Crippen LogP contribution in [0.3, 0.4) is 0 Å². The fourth-order valence-electron chi connectivity index (χ4n) is 2.16. The van der Waals surface area contributed by atoms with Crippen molar-refractivity contribution in [1.82, 2.24) is 9.80 Å². The van der Waals surface area contributed by atoms with Crippen molar-refractivity contribution in [3.63, 3.8) is 0 Å². The Morgan fingerprint density at radius 2 is 1.95 bits per heavy atom. The zero-order valence-electron chi connectivity index (χ0n) is 16.6. The van der Waals surface area contributed by atoms with Gasteiger partial charge in [0.05, 0.1) is 10.0 Å². The first-order chi connectivity index (χ1) is 11.1. The maximum Gasteiger partial charge on any atom is 0.0595 e. The topological polar surface area (TPSA) is 6.48 Å². The summed E-state index contributed by atoms with van der Waals surface area (Å²) < 4.78 is 39.8. The summed E-state index contributed by atoms with van der Waals surface area (Å²) in [6, 6.07) is 4.85. The van der Waals surface area contributed by atoms with E-state index in [0.717, 1.165) is 30.8 Å². The van der Waals surface area contributed by atoms with Gasteiger partial charge in [0.25, 0.3) is 0 Å². The van der Waals surface area contributed by atoms with Crippen LogP contribution >= 0.6 is 57.2 Å². The number of benzene rings is 1. The molecule has 0 N–H and O–H groups in total. The van der Waals surface area contributed by atoms with Crippen LogP contribution in [0.1, 0.15) is 25.3 Å². The first kappa shape index (κ1) is 14.1. The molecule has 0 atom stereocenters. The van der Waals surface area contributed by atoms with E-state index in [1.807, 2.05) is 0 Å². The highest BCUT2D eigenvalue weighted by molar-refractivity contribution is 8.93. The number of hydrogen-bond donors (Lipinski definition) is 0. The molecule has 1 fully saturated rings. The van der Waals surface area contributed by atoms with Gasteiger partial charge in [-0.2, -0.15) is 0 Å².